The first-order chi connectivity index (χ1) is 6.24. The highest BCUT2D eigenvalue weighted by molar-refractivity contribution is 5.32. The van der Waals surface area contributed by atoms with Crippen LogP contribution in [0.4, 0.5) is 4.39 Å². The Morgan fingerprint density at radius 1 is 1.31 bits per heavy atom. The SMILES string of the molecule is CC.CCOc1ccc(F)cc1C. The Morgan fingerprint density at radius 3 is 2.38 bits per heavy atom. The lowest BCUT2D eigenvalue weighted by atomic mass is 10.2. The summed E-state index contributed by atoms with van der Waals surface area (Å²) in [6, 6.07) is 4.51. The fraction of sp³-hybridized carbons (Fsp3) is 0.455. The molecule has 0 aliphatic rings. The molecule has 1 aromatic rings. The Morgan fingerprint density at radius 2 is 1.92 bits per heavy atom. The minimum Gasteiger partial charge on any atom is -0.494 e. The predicted octanol–water partition coefficient (Wildman–Crippen LogP) is 3.56. The summed E-state index contributed by atoms with van der Waals surface area (Å²) in [6.45, 7) is 8.35. The van der Waals surface area contributed by atoms with E-state index in [9.17, 15) is 4.39 Å². The van der Waals surface area contributed by atoms with E-state index in [2.05, 4.69) is 0 Å². The van der Waals surface area contributed by atoms with Crippen molar-refractivity contribution in [3.05, 3.63) is 29.6 Å². The van der Waals surface area contributed by atoms with Crippen molar-refractivity contribution in [3.8, 4) is 5.75 Å². The van der Waals surface area contributed by atoms with Crippen LogP contribution in [-0.2, 0) is 0 Å². The molecule has 0 saturated carbocycles. The highest BCUT2D eigenvalue weighted by atomic mass is 19.1. The maximum Gasteiger partial charge on any atom is 0.123 e. The second-order valence-corrected chi connectivity index (χ2v) is 2.34. The van der Waals surface area contributed by atoms with Crippen molar-refractivity contribution in [2.45, 2.75) is 27.7 Å². The number of hydrogen-bond acceptors (Lipinski definition) is 1. The zero-order chi connectivity index (χ0) is 10.3. The summed E-state index contributed by atoms with van der Waals surface area (Å²) in [6.07, 6.45) is 0. The Hall–Kier alpha value is -1.05. The van der Waals surface area contributed by atoms with Gasteiger partial charge in [-0.25, -0.2) is 4.39 Å². The van der Waals surface area contributed by atoms with Gasteiger partial charge in [0, 0.05) is 0 Å². The van der Waals surface area contributed by atoms with Crippen LogP contribution in [-0.4, -0.2) is 6.61 Å². The van der Waals surface area contributed by atoms with E-state index in [1.54, 1.807) is 6.07 Å². The standard InChI is InChI=1S/C9H11FO.C2H6/c1-3-11-9-5-4-8(10)6-7(9)2;1-2/h4-6H,3H2,1-2H3;1-2H3. The number of rotatable bonds is 2. The van der Waals surface area contributed by atoms with Crippen LogP contribution in [0, 0.1) is 12.7 Å². The van der Waals surface area contributed by atoms with E-state index >= 15 is 0 Å². The summed E-state index contributed by atoms with van der Waals surface area (Å²) >= 11 is 0. The molecule has 1 rings (SSSR count). The third-order valence-electron chi connectivity index (χ3n) is 1.44. The van der Waals surface area contributed by atoms with Gasteiger partial charge >= 0.3 is 0 Å². The monoisotopic (exact) mass is 184 g/mol. The van der Waals surface area contributed by atoms with Gasteiger partial charge in [-0.3, -0.25) is 0 Å². The van der Waals surface area contributed by atoms with Crippen molar-refractivity contribution in [1.82, 2.24) is 0 Å². The lowest BCUT2D eigenvalue weighted by Gasteiger charge is -2.05. The normalized spacial score (nSPS) is 8.69. The van der Waals surface area contributed by atoms with E-state index in [0.29, 0.717) is 6.61 Å². The Labute approximate surface area is 79.5 Å². The zero-order valence-electron chi connectivity index (χ0n) is 8.73. The molecule has 0 amide bonds. The van der Waals surface area contributed by atoms with Crippen LogP contribution in [0.15, 0.2) is 18.2 Å². The minimum absolute atomic E-state index is 0.217. The van der Waals surface area contributed by atoms with Gasteiger partial charge in [-0.2, -0.15) is 0 Å². The van der Waals surface area contributed by atoms with Crippen LogP contribution in [0.2, 0.25) is 0 Å². The molecule has 0 radical (unpaired) electrons. The molecule has 1 aromatic carbocycles. The van der Waals surface area contributed by atoms with E-state index in [-0.39, 0.29) is 5.82 Å². The molecule has 0 bridgehead atoms. The Kier molecular flexibility index (Phi) is 5.94. The third kappa shape index (κ3) is 3.92. The lowest BCUT2D eigenvalue weighted by Crippen LogP contribution is -1.93. The van der Waals surface area contributed by atoms with Crippen LogP contribution in [0.3, 0.4) is 0 Å². The number of ether oxygens (including phenoxy) is 1. The largest absolute Gasteiger partial charge is 0.494 e. The van der Waals surface area contributed by atoms with Crippen LogP contribution in [0.25, 0.3) is 0 Å². The highest BCUT2D eigenvalue weighted by Gasteiger charge is 1.98. The maximum absolute atomic E-state index is 12.5. The second-order valence-electron chi connectivity index (χ2n) is 2.34. The van der Waals surface area contributed by atoms with Crippen molar-refractivity contribution in [3.63, 3.8) is 0 Å². The van der Waals surface area contributed by atoms with Crippen molar-refractivity contribution < 1.29 is 9.13 Å². The summed E-state index contributed by atoms with van der Waals surface area (Å²) in [7, 11) is 0. The van der Waals surface area contributed by atoms with Gasteiger partial charge in [-0.1, -0.05) is 13.8 Å². The molecule has 0 unspecified atom stereocenters. The minimum atomic E-state index is -0.217. The fourth-order valence-corrected chi connectivity index (χ4v) is 0.930. The van der Waals surface area contributed by atoms with E-state index < -0.39 is 0 Å². The molecule has 1 nitrogen and oxygen atoms in total. The average Bonchev–Trinajstić information content (AvgIpc) is 2.14. The summed E-state index contributed by atoms with van der Waals surface area (Å²) in [5.41, 5.74) is 0.840. The molecular weight excluding hydrogens is 167 g/mol. The van der Waals surface area contributed by atoms with Gasteiger partial charge in [0.2, 0.25) is 0 Å². The molecule has 0 saturated heterocycles. The van der Waals surface area contributed by atoms with Gasteiger partial charge in [0.1, 0.15) is 11.6 Å². The van der Waals surface area contributed by atoms with Crippen LogP contribution < -0.4 is 4.74 Å². The summed E-state index contributed by atoms with van der Waals surface area (Å²) in [4.78, 5) is 0. The first kappa shape index (κ1) is 11.9. The van der Waals surface area contributed by atoms with Crippen molar-refractivity contribution in [1.29, 1.82) is 0 Å². The Bertz CT molecular complexity index is 246. The summed E-state index contributed by atoms with van der Waals surface area (Å²) < 4.78 is 17.8. The van der Waals surface area contributed by atoms with E-state index in [1.807, 2.05) is 27.7 Å². The smallest absolute Gasteiger partial charge is 0.123 e. The lowest BCUT2D eigenvalue weighted by molar-refractivity contribution is 0.337. The molecule has 0 aliphatic carbocycles. The van der Waals surface area contributed by atoms with Gasteiger partial charge in [-0.05, 0) is 37.6 Å². The van der Waals surface area contributed by atoms with Gasteiger partial charge in [0.15, 0.2) is 0 Å². The van der Waals surface area contributed by atoms with E-state index in [0.717, 1.165) is 11.3 Å². The van der Waals surface area contributed by atoms with Crippen LogP contribution >= 0.6 is 0 Å². The van der Waals surface area contributed by atoms with Crippen molar-refractivity contribution >= 4 is 0 Å². The molecule has 13 heavy (non-hydrogen) atoms. The van der Waals surface area contributed by atoms with Crippen LogP contribution in [0.5, 0.6) is 5.75 Å². The van der Waals surface area contributed by atoms with Gasteiger partial charge in [0.25, 0.3) is 0 Å². The second kappa shape index (κ2) is 6.46. The summed E-state index contributed by atoms with van der Waals surface area (Å²) in [5, 5.41) is 0. The molecule has 2 heteroatoms. The van der Waals surface area contributed by atoms with E-state index in [4.69, 9.17) is 4.74 Å². The average molecular weight is 184 g/mol. The molecule has 0 fully saturated rings. The molecule has 0 aromatic heterocycles. The van der Waals surface area contributed by atoms with Crippen LogP contribution in [0.1, 0.15) is 26.3 Å². The molecule has 0 atom stereocenters. The topological polar surface area (TPSA) is 9.23 Å². The first-order valence-corrected chi connectivity index (χ1v) is 4.63. The number of halogens is 1. The molecule has 0 aliphatic heterocycles. The molecule has 74 valence electrons. The highest BCUT2D eigenvalue weighted by Crippen LogP contribution is 2.17. The number of aryl methyl sites for hydroxylation is 1. The van der Waals surface area contributed by atoms with Gasteiger partial charge in [0.05, 0.1) is 6.61 Å². The quantitative estimate of drug-likeness (QED) is 0.682. The van der Waals surface area contributed by atoms with Gasteiger partial charge in [-0.15, -0.1) is 0 Å². The Balaban J connectivity index is 0.000000671. The molecule has 0 spiro atoms. The third-order valence-corrected chi connectivity index (χ3v) is 1.44. The zero-order valence-corrected chi connectivity index (χ0v) is 8.73. The van der Waals surface area contributed by atoms with Crippen molar-refractivity contribution in [2.75, 3.05) is 6.61 Å². The fourth-order valence-electron chi connectivity index (χ4n) is 0.930. The predicted molar refractivity (Wildman–Crippen MR) is 53.7 cm³/mol. The maximum atomic E-state index is 12.5. The molecular formula is C11H17FO. The number of hydrogen-bond donors (Lipinski definition) is 0. The van der Waals surface area contributed by atoms with Gasteiger partial charge < -0.3 is 4.74 Å². The van der Waals surface area contributed by atoms with Crippen molar-refractivity contribution in [2.24, 2.45) is 0 Å². The molecule has 0 heterocycles. The first-order valence-electron chi connectivity index (χ1n) is 4.63. The van der Waals surface area contributed by atoms with E-state index in [1.165, 1.54) is 12.1 Å². The summed E-state index contributed by atoms with van der Waals surface area (Å²) in [5.74, 6) is 0.542. The number of benzene rings is 1. The molecule has 0 N–H and O–H groups in total.